The average Bonchev–Trinajstić information content (AvgIpc) is 2.77. The molecule has 1 atom stereocenters. The summed E-state index contributed by atoms with van der Waals surface area (Å²) in [7, 11) is 0. The Morgan fingerprint density at radius 2 is 1.70 bits per heavy atom. The van der Waals surface area contributed by atoms with Gasteiger partial charge in [0.1, 0.15) is 11.6 Å². The molecule has 0 aliphatic carbocycles. The monoisotopic (exact) mass is 454 g/mol. The third kappa shape index (κ3) is 6.19. The number of nitrogens with one attached hydrogen (secondary N) is 2. The molecule has 0 radical (unpaired) electrons. The standard InChI is InChI=1S/C25H27FN2O5/c1-4-5-6-20-21(24(30)32-15(2)3)22(28-25(31)27-20)16-9-13-19(14-10-16)33-23(29)17-7-11-18(26)12-8-17/h7-15,22H,4-6H2,1-3H3,(H2,27,28,31). The summed E-state index contributed by atoms with van der Waals surface area (Å²) in [5.74, 6) is -1.30. The second-order valence-corrected chi connectivity index (χ2v) is 7.95. The summed E-state index contributed by atoms with van der Waals surface area (Å²) in [6.07, 6.45) is 1.93. The number of halogens is 1. The predicted octanol–water partition coefficient (Wildman–Crippen LogP) is 4.79. The molecular formula is C25H27FN2O5. The van der Waals surface area contributed by atoms with Gasteiger partial charge in [0.2, 0.25) is 0 Å². The normalized spacial score (nSPS) is 15.7. The van der Waals surface area contributed by atoms with Crippen LogP contribution in [0, 0.1) is 5.82 Å². The van der Waals surface area contributed by atoms with Gasteiger partial charge < -0.3 is 20.1 Å². The molecule has 0 aromatic heterocycles. The Bertz CT molecular complexity index is 1050. The second-order valence-electron chi connectivity index (χ2n) is 7.95. The number of urea groups is 1. The molecule has 3 rings (SSSR count). The van der Waals surface area contributed by atoms with Gasteiger partial charge in [0.05, 0.1) is 23.3 Å². The maximum absolute atomic E-state index is 13.1. The fourth-order valence-electron chi connectivity index (χ4n) is 3.42. The molecule has 33 heavy (non-hydrogen) atoms. The van der Waals surface area contributed by atoms with Gasteiger partial charge in [-0.25, -0.2) is 18.8 Å². The fraction of sp³-hybridized carbons (Fsp3) is 0.320. The third-order valence-electron chi connectivity index (χ3n) is 5.00. The van der Waals surface area contributed by atoms with Gasteiger partial charge in [0.15, 0.2) is 0 Å². The van der Waals surface area contributed by atoms with Crippen molar-refractivity contribution >= 4 is 18.0 Å². The molecule has 2 amide bonds. The van der Waals surface area contributed by atoms with E-state index in [1.54, 1.807) is 38.1 Å². The van der Waals surface area contributed by atoms with Crippen LogP contribution in [0.5, 0.6) is 5.75 Å². The van der Waals surface area contributed by atoms with E-state index >= 15 is 0 Å². The van der Waals surface area contributed by atoms with Crippen LogP contribution in [0.15, 0.2) is 59.8 Å². The number of rotatable bonds is 8. The zero-order valence-electron chi connectivity index (χ0n) is 18.8. The number of hydrogen-bond acceptors (Lipinski definition) is 5. The van der Waals surface area contributed by atoms with Crippen LogP contribution in [-0.4, -0.2) is 24.1 Å². The molecule has 0 saturated carbocycles. The van der Waals surface area contributed by atoms with E-state index in [0.717, 1.165) is 12.8 Å². The van der Waals surface area contributed by atoms with Gasteiger partial charge >= 0.3 is 18.0 Å². The summed E-state index contributed by atoms with van der Waals surface area (Å²) < 4.78 is 23.8. The first kappa shape index (κ1) is 24.0. The van der Waals surface area contributed by atoms with Crippen molar-refractivity contribution in [3.63, 3.8) is 0 Å². The minimum Gasteiger partial charge on any atom is -0.459 e. The number of ether oxygens (including phenoxy) is 2. The third-order valence-corrected chi connectivity index (χ3v) is 5.00. The van der Waals surface area contributed by atoms with Crippen LogP contribution in [0.2, 0.25) is 0 Å². The van der Waals surface area contributed by atoms with Crippen molar-refractivity contribution in [1.29, 1.82) is 0 Å². The number of unbranched alkanes of at least 4 members (excludes halogenated alkanes) is 1. The van der Waals surface area contributed by atoms with Gasteiger partial charge in [0, 0.05) is 5.70 Å². The van der Waals surface area contributed by atoms with E-state index in [4.69, 9.17) is 9.47 Å². The number of carbonyl (C=O) groups is 3. The number of hydrogen-bond donors (Lipinski definition) is 2. The first-order chi connectivity index (χ1) is 15.8. The maximum Gasteiger partial charge on any atom is 0.343 e. The van der Waals surface area contributed by atoms with Crippen LogP contribution in [-0.2, 0) is 9.53 Å². The molecule has 2 N–H and O–H groups in total. The molecule has 1 aliphatic heterocycles. The maximum atomic E-state index is 13.1. The number of benzene rings is 2. The Morgan fingerprint density at radius 1 is 1.03 bits per heavy atom. The Balaban J connectivity index is 1.85. The van der Waals surface area contributed by atoms with Crippen molar-refractivity contribution in [3.8, 4) is 5.75 Å². The molecule has 1 unspecified atom stereocenters. The lowest BCUT2D eigenvalue weighted by atomic mass is 9.93. The van der Waals surface area contributed by atoms with Crippen LogP contribution in [0.3, 0.4) is 0 Å². The Hall–Kier alpha value is -3.68. The van der Waals surface area contributed by atoms with E-state index in [0.29, 0.717) is 23.3 Å². The summed E-state index contributed by atoms with van der Waals surface area (Å²) in [4.78, 5) is 37.5. The smallest absolute Gasteiger partial charge is 0.343 e. The van der Waals surface area contributed by atoms with Gasteiger partial charge in [-0.3, -0.25) is 0 Å². The van der Waals surface area contributed by atoms with Crippen LogP contribution in [0.4, 0.5) is 9.18 Å². The molecule has 174 valence electrons. The highest BCUT2D eigenvalue weighted by Crippen LogP contribution is 2.31. The van der Waals surface area contributed by atoms with Crippen LogP contribution < -0.4 is 15.4 Å². The molecule has 7 nitrogen and oxygen atoms in total. The van der Waals surface area contributed by atoms with E-state index in [1.807, 2.05) is 6.92 Å². The lowest BCUT2D eigenvalue weighted by molar-refractivity contribution is -0.143. The van der Waals surface area contributed by atoms with Gasteiger partial charge in [-0.05, 0) is 68.7 Å². The minimum atomic E-state index is -0.710. The SMILES string of the molecule is CCCCC1=C(C(=O)OC(C)C)C(c2ccc(OC(=O)c3ccc(F)cc3)cc2)NC(=O)N1. The van der Waals surface area contributed by atoms with Gasteiger partial charge in [0.25, 0.3) is 0 Å². The molecule has 1 aliphatic rings. The lowest BCUT2D eigenvalue weighted by Gasteiger charge is -2.30. The Kier molecular flexibility index (Phi) is 7.82. The second kappa shape index (κ2) is 10.8. The molecule has 0 saturated heterocycles. The number of amides is 2. The van der Waals surface area contributed by atoms with E-state index in [-0.39, 0.29) is 17.4 Å². The highest BCUT2D eigenvalue weighted by molar-refractivity contribution is 5.95. The summed E-state index contributed by atoms with van der Waals surface area (Å²) in [6.45, 7) is 5.55. The molecule has 2 aromatic rings. The Morgan fingerprint density at radius 3 is 2.30 bits per heavy atom. The summed E-state index contributed by atoms with van der Waals surface area (Å²) >= 11 is 0. The molecule has 8 heteroatoms. The van der Waals surface area contributed by atoms with E-state index in [1.165, 1.54) is 24.3 Å². The van der Waals surface area contributed by atoms with Crippen molar-refractivity contribution in [2.75, 3.05) is 0 Å². The quantitative estimate of drug-likeness (QED) is 0.442. The van der Waals surface area contributed by atoms with Crippen molar-refractivity contribution in [3.05, 3.63) is 76.7 Å². The molecule has 0 fully saturated rings. The van der Waals surface area contributed by atoms with E-state index in [9.17, 15) is 18.8 Å². The number of carbonyl (C=O) groups excluding carboxylic acids is 3. The summed E-state index contributed by atoms with van der Waals surface area (Å²) in [6, 6.07) is 10.4. The van der Waals surface area contributed by atoms with Crippen LogP contribution in [0.1, 0.15) is 62.0 Å². The molecule has 0 bridgehead atoms. The van der Waals surface area contributed by atoms with Crippen molar-refractivity contribution in [2.24, 2.45) is 0 Å². The van der Waals surface area contributed by atoms with Gasteiger partial charge in [-0.15, -0.1) is 0 Å². The first-order valence-electron chi connectivity index (χ1n) is 10.9. The van der Waals surface area contributed by atoms with Crippen LogP contribution in [0.25, 0.3) is 0 Å². The fourth-order valence-corrected chi connectivity index (χ4v) is 3.42. The molecule has 2 aromatic carbocycles. The largest absolute Gasteiger partial charge is 0.459 e. The van der Waals surface area contributed by atoms with Crippen molar-refractivity contribution in [1.82, 2.24) is 10.6 Å². The highest BCUT2D eigenvalue weighted by Gasteiger charge is 2.33. The number of allylic oxidation sites excluding steroid dienone is 1. The van der Waals surface area contributed by atoms with Gasteiger partial charge in [-0.2, -0.15) is 0 Å². The zero-order chi connectivity index (χ0) is 24.0. The van der Waals surface area contributed by atoms with E-state index < -0.39 is 29.8 Å². The Labute approximate surface area is 192 Å². The topological polar surface area (TPSA) is 93.7 Å². The predicted molar refractivity (Wildman–Crippen MR) is 120 cm³/mol. The highest BCUT2D eigenvalue weighted by atomic mass is 19.1. The minimum absolute atomic E-state index is 0.216. The molecular weight excluding hydrogens is 427 g/mol. The average molecular weight is 454 g/mol. The molecule has 0 spiro atoms. The van der Waals surface area contributed by atoms with Crippen molar-refractivity contribution < 1.29 is 28.2 Å². The summed E-state index contributed by atoms with van der Waals surface area (Å²) in [5.41, 5.74) is 1.75. The summed E-state index contributed by atoms with van der Waals surface area (Å²) in [5, 5.41) is 5.53. The first-order valence-corrected chi connectivity index (χ1v) is 10.9. The van der Waals surface area contributed by atoms with Crippen molar-refractivity contribution in [2.45, 2.75) is 52.2 Å². The van der Waals surface area contributed by atoms with Gasteiger partial charge in [-0.1, -0.05) is 25.5 Å². The van der Waals surface area contributed by atoms with E-state index in [2.05, 4.69) is 10.6 Å². The number of esters is 2. The molecule has 1 heterocycles. The zero-order valence-corrected chi connectivity index (χ0v) is 18.8. The van der Waals surface area contributed by atoms with Crippen LogP contribution >= 0.6 is 0 Å². The lowest BCUT2D eigenvalue weighted by Crippen LogP contribution is -2.46.